The standard InChI is InChI=1S/2C6H11NO2/c7-6(5(8)9)3-1-2-4-6;7-5-3-1-2-4(5)6(8)9/h1-4,7H2,(H,8,9);4-5H,1-3,7H2,(H,8,9)/t;4-,5+/m.1/s1. The molecule has 6 N–H and O–H groups in total. The maximum Gasteiger partial charge on any atom is 0.323 e. The van der Waals surface area contributed by atoms with Crippen LogP contribution in [0.2, 0.25) is 0 Å². The summed E-state index contributed by atoms with van der Waals surface area (Å²) in [6.07, 6.45) is 5.81. The lowest BCUT2D eigenvalue weighted by Gasteiger charge is -2.15. The normalized spacial score (nSPS) is 29.4. The first-order valence-corrected chi connectivity index (χ1v) is 6.37. The fraction of sp³-hybridized carbons (Fsp3) is 0.833. The van der Waals surface area contributed by atoms with Gasteiger partial charge in [0.2, 0.25) is 0 Å². The Balaban J connectivity index is 0.000000180. The number of hydrogen-bond acceptors (Lipinski definition) is 4. The number of carboxylic acids is 2. The molecular weight excluding hydrogens is 236 g/mol. The molecular formula is C12H22N2O4. The molecule has 2 rings (SSSR count). The Bertz CT molecular complexity index is 313. The number of nitrogens with two attached hydrogens (primary N) is 2. The van der Waals surface area contributed by atoms with Crippen LogP contribution in [0.5, 0.6) is 0 Å². The summed E-state index contributed by atoms with van der Waals surface area (Å²) in [5.41, 5.74) is 10.1. The summed E-state index contributed by atoms with van der Waals surface area (Å²) in [5.74, 6) is -1.86. The van der Waals surface area contributed by atoms with Gasteiger partial charge in [-0.15, -0.1) is 0 Å². The van der Waals surface area contributed by atoms with Crippen LogP contribution in [0.25, 0.3) is 0 Å². The molecule has 6 heteroatoms. The van der Waals surface area contributed by atoms with Crippen molar-refractivity contribution in [1.82, 2.24) is 0 Å². The van der Waals surface area contributed by atoms with Crippen molar-refractivity contribution >= 4 is 11.9 Å². The molecule has 0 heterocycles. The van der Waals surface area contributed by atoms with Gasteiger partial charge in [-0.25, -0.2) is 0 Å². The summed E-state index contributed by atoms with van der Waals surface area (Å²) in [6, 6.07) is -0.0949. The predicted molar refractivity (Wildman–Crippen MR) is 66.0 cm³/mol. The predicted octanol–water partition coefficient (Wildman–Crippen LogP) is 0.541. The molecule has 0 radical (unpaired) electrons. The second kappa shape index (κ2) is 6.15. The highest BCUT2D eigenvalue weighted by Gasteiger charge is 2.36. The first-order chi connectivity index (χ1) is 8.37. The molecule has 0 aromatic heterocycles. The van der Waals surface area contributed by atoms with Crippen LogP contribution in [0.4, 0.5) is 0 Å². The smallest absolute Gasteiger partial charge is 0.323 e. The van der Waals surface area contributed by atoms with E-state index in [-0.39, 0.29) is 12.0 Å². The van der Waals surface area contributed by atoms with E-state index in [2.05, 4.69) is 0 Å². The van der Waals surface area contributed by atoms with E-state index in [0.29, 0.717) is 12.8 Å². The first kappa shape index (κ1) is 14.9. The van der Waals surface area contributed by atoms with E-state index >= 15 is 0 Å². The van der Waals surface area contributed by atoms with Crippen molar-refractivity contribution in [2.24, 2.45) is 17.4 Å². The molecule has 2 atom stereocenters. The van der Waals surface area contributed by atoms with Gasteiger partial charge in [0.25, 0.3) is 0 Å². The van der Waals surface area contributed by atoms with Crippen molar-refractivity contribution in [2.75, 3.05) is 0 Å². The van der Waals surface area contributed by atoms with Crippen molar-refractivity contribution in [3.63, 3.8) is 0 Å². The average molecular weight is 258 g/mol. The third-order valence-electron chi connectivity index (χ3n) is 3.81. The van der Waals surface area contributed by atoms with Crippen LogP contribution in [-0.2, 0) is 9.59 Å². The first-order valence-electron chi connectivity index (χ1n) is 6.37. The maximum atomic E-state index is 10.4. The minimum Gasteiger partial charge on any atom is -0.481 e. The quantitative estimate of drug-likeness (QED) is 0.572. The van der Waals surface area contributed by atoms with Gasteiger partial charge in [0.1, 0.15) is 5.54 Å². The molecule has 0 amide bonds. The van der Waals surface area contributed by atoms with E-state index in [1.54, 1.807) is 0 Å². The summed E-state index contributed by atoms with van der Waals surface area (Å²) in [4.78, 5) is 20.7. The number of aliphatic carboxylic acids is 2. The van der Waals surface area contributed by atoms with Crippen LogP contribution in [0, 0.1) is 5.92 Å². The average Bonchev–Trinajstić information content (AvgIpc) is 2.88. The van der Waals surface area contributed by atoms with Gasteiger partial charge in [-0.3, -0.25) is 9.59 Å². The summed E-state index contributed by atoms with van der Waals surface area (Å²) in [6.45, 7) is 0. The molecule has 2 aliphatic rings. The van der Waals surface area contributed by atoms with Crippen LogP contribution >= 0.6 is 0 Å². The highest BCUT2D eigenvalue weighted by Crippen LogP contribution is 2.26. The Morgan fingerprint density at radius 1 is 1.06 bits per heavy atom. The lowest BCUT2D eigenvalue weighted by Crippen LogP contribution is -2.44. The highest BCUT2D eigenvalue weighted by atomic mass is 16.4. The van der Waals surface area contributed by atoms with Crippen molar-refractivity contribution in [3.05, 3.63) is 0 Å². The van der Waals surface area contributed by atoms with Gasteiger partial charge in [0, 0.05) is 6.04 Å². The number of hydrogen-bond donors (Lipinski definition) is 4. The van der Waals surface area contributed by atoms with E-state index in [0.717, 1.165) is 32.1 Å². The summed E-state index contributed by atoms with van der Waals surface area (Å²) in [5, 5.41) is 17.1. The Labute approximate surface area is 106 Å². The number of carboxylic acid groups (broad SMARTS) is 2. The summed E-state index contributed by atoms with van der Waals surface area (Å²) < 4.78 is 0. The van der Waals surface area contributed by atoms with Crippen molar-refractivity contribution < 1.29 is 19.8 Å². The zero-order chi connectivity index (χ0) is 13.8. The topological polar surface area (TPSA) is 127 Å². The molecule has 0 aliphatic heterocycles. The lowest BCUT2D eigenvalue weighted by atomic mass is 10.0. The SMILES string of the molecule is NC1(C(=O)O)CCCC1.N[C@H]1CCC[C@H]1C(=O)O. The third kappa shape index (κ3) is 3.68. The molecule has 104 valence electrons. The summed E-state index contributed by atoms with van der Waals surface area (Å²) >= 11 is 0. The second-order valence-corrected chi connectivity index (χ2v) is 5.21. The molecule has 0 unspecified atom stereocenters. The van der Waals surface area contributed by atoms with Gasteiger partial charge in [0.05, 0.1) is 5.92 Å². The van der Waals surface area contributed by atoms with Crippen molar-refractivity contribution in [2.45, 2.75) is 56.5 Å². The van der Waals surface area contributed by atoms with Crippen LogP contribution < -0.4 is 11.5 Å². The molecule has 2 saturated carbocycles. The van der Waals surface area contributed by atoms with E-state index in [9.17, 15) is 9.59 Å². The Kier molecular flexibility index (Phi) is 5.10. The second-order valence-electron chi connectivity index (χ2n) is 5.21. The van der Waals surface area contributed by atoms with Crippen molar-refractivity contribution in [3.8, 4) is 0 Å². The van der Waals surface area contributed by atoms with Gasteiger partial charge in [-0.2, -0.15) is 0 Å². The minimum absolute atomic E-state index is 0.0949. The van der Waals surface area contributed by atoms with Crippen LogP contribution in [0.15, 0.2) is 0 Å². The molecule has 0 bridgehead atoms. The summed E-state index contributed by atoms with van der Waals surface area (Å²) in [7, 11) is 0. The monoisotopic (exact) mass is 258 g/mol. The fourth-order valence-electron chi connectivity index (χ4n) is 2.52. The Morgan fingerprint density at radius 3 is 1.83 bits per heavy atom. The molecule has 0 aromatic carbocycles. The Hall–Kier alpha value is -1.14. The molecule has 0 aromatic rings. The highest BCUT2D eigenvalue weighted by molar-refractivity contribution is 5.78. The number of carbonyl (C=O) groups is 2. The largest absolute Gasteiger partial charge is 0.481 e. The lowest BCUT2D eigenvalue weighted by molar-refractivity contribution is -0.143. The van der Waals surface area contributed by atoms with Crippen molar-refractivity contribution in [1.29, 1.82) is 0 Å². The zero-order valence-corrected chi connectivity index (χ0v) is 10.5. The van der Waals surface area contributed by atoms with Gasteiger partial charge in [0.15, 0.2) is 0 Å². The van der Waals surface area contributed by atoms with Crippen LogP contribution in [0.3, 0.4) is 0 Å². The van der Waals surface area contributed by atoms with E-state index < -0.39 is 17.5 Å². The maximum absolute atomic E-state index is 10.4. The van der Waals surface area contributed by atoms with Crippen LogP contribution in [-0.4, -0.2) is 33.7 Å². The molecule has 2 fully saturated rings. The van der Waals surface area contributed by atoms with Gasteiger partial charge >= 0.3 is 11.9 Å². The molecule has 18 heavy (non-hydrogen) atoms. The molecule has 0 saturated heterocycles. The van der Waals surface area contributed by atoms with E-state index in [4.69, 9.17) is 21.7 Å². The van der Waals surface area contributed by atoms with E-state index in [1.807, 2.05) is 0 Å². The van der Waals surface area contributed by atoms with Crippen LogP contribution in [0.1, 0.15) is 44.9 Å². The Morgan fingerprint density at radius 2 is 1.61 bits per heavy atom. The number of rotatable bonds is 2. The zero-order valence-electron chi connectivity index (χ0n) is 10.5. The van der Waals surface area contributed by atoms with Gasteiger partial charge < -0.3 is 21.7 Å². The third-order valence-corrected chi connectivity index (χ3v) is 3.81. The fourth-order valence-corrected chi connectivity index (χ4v) is 2.52. The molecule has 0 spiro atoms. The minimum atomic E-state index is -0.889. The van der Waals surface area contributed by atoms with E-state index in [1.165, 1.54) is 0 Å². The molecule has 6 nitrogen and oxygen atoms in total. The van der Waals surface area contributed by atoms with Gasteiger partial charge in [-0.05, 0) is 25.7 Å². The molecule has 2 aliphatic carbocycles. The van der Waals surface area contributed by atoms with Gasteiger partial charge in [-0.1, -0.05) is 19.3 Å².